The Hall–Kier alpha value is -1.39. The minimum Gasteiger partial charge on any atom is -0.329 e. The van der Waals surface area contributed by atoms with Gasteiger partial charge in [0.1, 0.15) is 5.78 Å². The maximum absolute atomic E-state index is 11.3. The number of carbonyl (C=O) groups excluding carboxylic acids is 3. The maximum atomic E-state index is 11.3. The fraction of sp³-hybridized carbons (Fsp3) is 0.667. The molecule has 1 aliphatic carbocycles. The number of hydrogen-bond donors (Lipinski definition) is 1. The van der Waals surface area contributed by atoms with Gasteiger partial charge in [-0.05, 0) is 12.8 Å². The Kier molecular flexibility index (Phi) is 2.23. The number of nitrogens with one attached hydrogen (secondary N) is 1. The molecule has 2 rings (SSSR count). The Labute approximate surface area is 81.4 Å². The number of carbonyl (C=O) groups is 3. The minimum absolute atomic E-state index is 0.0669. The van der Waals surface area contributed by atoms with E-state index >= 15 is 0 Å². The van der Waals surface area contributed by atoms with E-state index in [1.807, 2.05) is 0 Å². The summed E-state index contributed by atoms with van der Waals surface area (Å²) in [5.74, 6) is 0.0580. The zero-order valence-corrected chi connectivity index (χ0v) is 7.78. The van der Waals surface area contributed by atoms with Crippen molar-refractivity contribution in [2.24, 2.45) is 0 Å². The van der Waals surface area contributed by atoms with Crippen molar-refractivity contribution in [2.75, 3.05) is 6.54 Å². The Balaban J connectivity index is 2.04. The summed E-state index contributed by atoms with van der Waals surface area (Å²) in [6.07, 6.45) is 2.22. The smallest absolute Gasteiger partial charge is 0.324 e. The second-order valence-electron chi connectivity index (χ2n) is 3.69. The molecule has 0 spiro atoms. The molecule has 3 amide bonds. The van der Waals surface area contributed by atoms with Crippen molar-refractivity contribution < 1.29 is 14.4 Å². The molecule has 2 fully saturated rings. The molecule has 1 aliphatic heterocycles. The highest BCUT2D eigenvalue weighted by Crippen LogP contribution is 2.22. The van der Waals surface area contributed by atoms with Crippen LogP contribution < -0.4 is 5.32 Å². The number of imide groups is 1. The van der Waals surface area contributed by atoms with Crippen LogP contribution in [-0.4, -0.2) is 35.2 Å². The van der Waals surface area contributed by atoms with Crippen LogP contribution in [0.15, 0.2) is 0 Å². The van der Waals surface area contributed by atoms with E-state index in [0.717, 1.165) is 0 Å². The van der Waals surface area contributed by atoms with Crippen molar-refractivity contribution in [3.05, 3.63) is 0 Å². The molecule has 14 heavy (non-hydrogen) atoms. The molecule has 2 aliphatic rings. The number of rotatable bonds is 1. The molecule has 76 valence electrons. The molecule has 0 unspecified atom stereocenters. The highest BCUT2D eigenvalue weighted by atomic mass is 16.2. The van der Waals surface area contributed by atoms with Crippen LogP contribution in [-0.2, 0) is 9.59 Å². The standard InChI is InChI=1S/C9H12N2O3/c12-7-3-1-6(2-4-7)11-8(13)5-10-9(11)14/h6H,1-5H2,(H,10,14). The summed E-state index contributed by atoms with van der Waals surface area (Å²) in [4.78, 5) is 34.9. The lowest BCUT2D eigenvalue weighted by atomic mass is 9.93. The molecule has 1 N–H and O–H groups in total. The first-order chi connectivity index (χ1) is 6.68. The minimum atomic E-state index is -0.311. The van der Waals surface area contributed by atoms with Gasteiger partial charge in [0, 0.05) is 18.9 Å². The van der Waals surface area contributed by atoms with E-state index < -0.39 is 0 Å². The Morgan fingerprint density at radius 2 is 1.79 bits per heavy atom. The lowest BCUT2D eigenvalue weighted by Crippen LogP contribution is -2.42. The summed E-state index contributed by atoms with van der Waals surface area (Å²) in [6, 6.07) is -0.378. The van der Waals surface area contributed by atoms with Crippen LogP contribution >= 0.6 is 0 Å². The van der Waals surface area contributed by atoms with Crippen molar-refractivity contribution >= 4 is 17.7 Å². The molecule has 0 aromatic carbocycles. The topological polar surface area (TPSA) is 66.5 Å². The number of Topliss-reactive ketones (excluding diaryl/α,β-unsaturated/α-hetero) is 1. The van der Waals surface area contributed by atoms with Gasteiger partial charge in [-0.2, -0.15) is 0 Å². The summed E-state index contributed by atoms with van der Waals surface area (Å²) in [6.45, 7) is 0.100. The van der Waals surface area contributed by atoms with E-state index in [2.05, 4.69) is 5.32 Å². The van der Waals surface area contributed by atoms with Crippen LogP contribution in [0.25, 0.3) is 0 Å². The van der Waals surface area contributed by atoms with Crippen molar-refractivity contribution in [1.82, 2.24) is 10.2 Å². The predicted molar refractivity (Wildman–Crippen MR) is 47.5 cm³/mol. The lowest BCUT2D eigenvalue weighted by molar-refractivity contribution is -0.129. The summed E-state index contributed by atoms with van der Waals surface area (Å²) >= 11 is 0. The van der Waals surface area contributed by atoms with E-state index in [9.17, 15) is 14.4 Å². The van der Waals surface area contributed by atoms with Gasteiger partial charge in [-0.3, -0.25) is 14.5 Å². The first-order valence-corrected chi connectivity index (χ1v) is 4.80. The number of hydrogen-bond acceptors (Lipinski definition) is 3. The molecule has 0 atom stereocenters. The monoisotopic (exact) mass is 196 g/mol. The van der Waals surface area contributed by atoms with E-state index in [0.29, 0.717) is 25.7 Å². The molecule has 5 nitrogen and oxygen atoms in total. The summed E-state index contributed by atoms with van der Waals surface area (Å²) < 4.78 is 0. The second-order valence-corrected chi connectivity index (χ2v) is 3.69. The SMILES string of the molecule is O=C1CCC(N2C(=O)CNC2=O)CC1. The van der Waals surface area contributed by atoms with E-state index in [-0.39, 0.29) is 30.3 Å². The second kappa shape index (κ2) is 3.40. The van der Waals surface area contributed by atoms with Crippen LogP contribution in [0.5, 0.6) is 0 Å². The van der Waals surface area contributed by atoms with Crippen LogP contribution in [0.1, 0.15) is 25.7 Å². The molecular formula is C9H12N2O3. The van der Waals surface area contributed by atoms with Crippen molar-refractivity contribution in [2.45, 2.75) is 31.7 Å². The number of nitrogens with zero attached hydrogens (tertiary/aromatic N) is 1. The Bertz CT molecular complexity index is 274. The van der Waals surface area contributed by atoms with Gasteiger partial charge in [0.25, 0.3) is 0 Å². The molecule has 0 bridgehead atoms. The van der Waals surface area contributed by atoms with Crippen LogP contribution in [0.4, 0.5) is 4.79 Å². The molecule has 5 heteroatoms. The Morgan fingerprint density at radius 3 is 2.29 bits per heavy atom. The average Bonchev–Trinajstić information content (AvgIpc) is 2.49. The number of urea groups is 1. The van der Waals surface area contributed by atoms with Gasteiger partial charge in [0.05, 0.1) is 6.54 Å². The van der Waals surface area contributed by atoms with Gasteiger partial charge in [-0.15, -0.1) is 0 Å². The largest absolute Gasteiger partial charge is 0.329 e. The third kappa shape index (κ3) is 1.49. The van der Waals surface area contributed by atoms with Gasteiger partial charge >= 0.3 is 6.03 Å². The third-order valence-electron chi connectivity index (χ3n) is 2.76. The third-order valence-corrected chi connectivity index (χ3v) is 2.76. The van der Waals surface area contributed by atoms with Gasteiger partial charge < -0.3 is 5.32 Å². The summed E-state index contributed by atoms with van der Waals surface area (Å²) in [5.41, 5.74) is 0. The molecule has 1 saturated carbocycles. The number of ketones is 1. The van der Waals surface area contributed by atoms with E-state index in [4.69, 9.17) is 0 Å². The fourth-order valence-corrected chi connectivity index (χ4v) is 1.99. The van der Waals surface area contributed by atoms with Crippen LogP contribution in [0.2, 0.25) is 0 Å². The van der Waals surface area contributed by atoms with Crippen molar-refractivity contribution in [3.63, 3.8) is 0 Å². The quantitative estimate of drug-likeness (QED) is 0.602. The fourth-order valence-electron chi connectivity index (χ4n) is 1.99. The van der Waals surface area contributed by atoms with Gasteiger partial charge in [-0.25, -0.2) is 4.79 Å². The Morgan fingerprint density at radius 1 is 1.14 bits per heavy atom. The molecule has 0 aromatic heterocycles. The van der Waals surface area contributed by atoms with Gasteiger partial charge in [0.2, 0.25) is 5.91 Å². The molecular weight excluding hydrogens is 184 g/mol. The summed E-state index contributed by atoms with van der Waals surface area (Å²) in [7, 11) is 0. The molecule has 1 heterocycles. The normalized spacial score (nSPS) is 24.3. The highest BCUT2D eigenvalue weighted by molar-refractivity contribution is 6.02. The van der Waals surface area contributed by atoms with Crippen LogP contribution in [0, 0.1) is 0 Å². The zero-order chi connectivity index (χ0) is 10.1. The first kappa shape index (κ1) is 9.18. The first-order valence-electron chi connectivity index (χ1n) is 4.80. The van der Waals surface area contributed by atoms with E-state index in [1.165, 1.54) is 4.90 Å². The molecule has 0 aromatic rings. The van der Waals surface area contributed by atoms with Crippen molar-refractivity contribution in [1.29, 1.82) is 0 Å². The maximum Gasteiger partial charge on any atom is 0.324 e. The predicted octanol–water partition coefficient (Wildman–Crippen LogP) is 0.0499. The average molecular weight is 196 g/mol. The van der Waals surface area contributed by atoms with E-state index in [1.54, 1.807) is 0 Å². The highest BCUT2D eigenvalue weighted by Gasteiger charge is 2.36. The van der Waals surface area contributed by atoms with Crippen molar-refractivity contribution in [3.8, 4) is 0 Å². The molecule has 0 radical (unpaired) electrons. The number of amides is 3. The van der Waals surface area contributed by atoms with Gasteiger partial charge in [0.15, 0.2) is 0 Å². The summed E-state index contributed by atoms with van der Waals surface area (Å²) in [5, 5.41) is 2.48. The lowest BCUT2D eigenvalue weighted by Gasteiger charge is -2.27. The van der Waals surface area contributed by atoms with Gasteiger partial charge in [-0.1, -0.05) is 0 Å². The molecule has 1 saturated heterocycles. The zero-order valence-electron chi connectivity index (χ0n) is 7.78. The van der Waals surface area contributed by atoms with Crippen LogP contribution in [0.3, 0.4) is 0 Å².